The lowest BCUT2D eigenvalue weighted by Crippen LogP contribution is -2.42. The van der Waals surface area contributed by atoms with Crippen LogP contribution in [0.4, 0.5) is 4.79 Å². The number of pyridine rings is 1. The van der Waals surface area contributed by atoms with Crippen molar-refractivity contribution in [3.8, 4) is 0 Å². The van der Waals surface area contributed by atoms with Crippen molar-refractivity contribution in [3.05, 3.63) is 29.6 Å². The number of nitrogens with one attached hydrogen (secondary N) is 2. The van der Waals surface area contributed by atoms with Gasteiger partial charge in [0, 0.05) is 12.8 Å². The summed E-state index contributed by atoms with van der Waals surface area (Å²) in [4.78, 5) is 26.3. The van der Waals surface area contributed by atoms with Crippen LogP contribution in [0.2, 0.25) is 0 Å². The normalized spacial score (nSPS) is 18.0. The maximum atomic E-state index is 11.6. The zero-order chi connectivity index (χ0) is 13.7. The maximum Gasteiger partial charge on any atom is 0.335 e. The molecule has 2 heterocycles. The highest BCUT2D eigenvalue weighted by molar-refractivity contribution is 5.87. The van der Waals surface area contributed by atoms with Crippen molar-refractivity contribution in [1.29, 1.82) is 0 Å². The lowest BCUT2D eigenvalue weighted by Gasteiger charge is -2.11. The highest BCUT2D eigenvalue weighted by Crippen LogP contribution is 2.03. The molecule has 0 aliphatic carbocycles. The molecule has 0 saturated carbocycles. The molecule has 1 aliphatic heterocycles. The summed E-state index contributed by atoms with van der Waals surface area (Å²) >= 11 is 0. The van der Waals surface area contributed by atoms with Gasteiger partial charge < -0.3 is 20.5 Å². The fourth-order valence-electron chi connectivity index (χ4n) is 1.76. The number of amides is 2. The molecule has 1 aliphatic rings. The van der Waals surface area contributed by atoms with Gasteiger partial charge >= 0.3 is 12.0 Å². The molecule has 2 amide bonds. The molecule has 7 heteroatoms. The van der Waals surface area contributed by atoms with E-state index in [1.807, 2.05) is 0 Å². The number of carboxylic acid groups (broad SMARTS) is 1. The number of hydrogen-bond donors (Lipinski definition) is 3. The van der Waals surface area contributed by atoms with Crippen molar-refractivity contribution in [3.63, 3.8) is 0 Å². The standard InChI is InChI=1S/C12H15N3O4/c16-11(17)8-1-3-13-10(5-8)6-14-12(18)15-9-2-4-19-7-9/h1,3,5,9H,2,4,6-7H2,(H,16,17)(H2,14,15,18). The van der Waals surface area contributed by atoms with E-state index < -0.39 is 5.97 Å². The van der Waals surface area contributed by atoms with Crippen LogP contribution in [0.15, 0.2) is 18.3 Å². The largest absolute Gasteiger partial charge is 0.478 e. The fraction of sp³-hybridized carbons (Fsp3) is 0.417. The van der Waals surface area contributed by atoms with E-state index >= 15 is 0 Å². The van der Waals surface area contributed by atoms with E-state index in [0.717, 1.165) is 6.42 Å². The van der Waals surface area contributed by atoms with E-state index in [1.165, 1.54) is 18.3 Å². The highest BCUT2D eigenvalue weighted by atomic mass is 16.5. The predicted molar refractivity (Wildman–Crippen MR) is 65.8 cm³/mol. The SMILES string of the molecule is O=C(NCc1cc(C(=O)O)ccn1)NC1CCOC1. The third-order valence-electron chi connectivity index (χ3n) is 2.76. The van der Waals surface area contributed by atoms with Crippen molar-refractivity contribution in [2.75, 3.05) is 13.2 Å². The molecule has 0 aromatic carbocycles. The monoisotopic (exact) mass is 265 g/mol. The zero-order valence-corrected chi connectivity index (χ0v) is 10.3. The van der Waals surface area contributed by atoms with E-state index in [9.17, 15) is 9.59 Å². The van der Waals surface area contributed by atoms with E-state index in [2.05, 4.69) is 15.6 Å². The van der Waals surface area contributed by atoms with Gasteiger partial charge in [0.15, 0.2) is 0 Å². The second kappa shape index (κ2) is 6.14. The lowest BCUT2D eigenvalue weighted by molar-refractivity contribution is 0.0696. The average Bonchev–Trinajstić information content (AvgIpc) is 2.89. The molecule has 19 heavy (non-hydrogen) atoms. The third kappa shape index (κ3) is 3.92. The van der Waals surface area contributed by atoms with Gasteiger partial charge in [0.05, 0.1) is 30.5 Å². The van der Waals surface area contributed by atoms with Gasteiger partial charge in [-0.2, -0.15) is 0 Å². The van der Waals surface area contributed by atoms with Crippen LogP contribution in [-0.4, -0.2) is 41.3 Å². The van der Waals surface area contributed by atoms with Gasteiger partial charge in [-0.15, -0.1) is 0 Å². The number of urea groups is 1. The Morgan fingerprint density at radius 3 is 3.05 bits per heavy atom. The van der Waals surface area contributed by atoms with Crippen LogP contribution < -0.4 is 10.6 Å². The minimum Gasteiger partial charge on any atom is -0.478 e. The molecule has 0 bridgehead atoms. The van der Waals surface area contributed by atoms with Crippen molar-refractivity contribution in [2.45, 2.75) is 19.0 Å². The topological polar surface area (TPSA) is 101 Å². The van der Waals surface area contributed by atoms with Gasteiger partial charge in [0.1, 0.15) is 0 Å². The van der Waals surface area contributed by atoms with E-state index in [4.69, 9.17) is 9.84 Å². The smallest absolute Gasteiger partial charge is 0.335 e. The summed E-state index contributed by atoms with van der Waals surface area (Å²) in [5.74, 6) is -1.02. The Balaban J connectivity index is 1.82. The average molecular weight is 265 g/mol. The number of carboxylic acids is 1. The Morgan fingerprint density at radius 1 is 1.53 bits per heavy atom. The number of nitrogens with zero attached hydrogens (tertiary/aromatic N) is 1. The molecule has 1 unspecified atom stereocenters. The molecule has 1 fully saturated rings. The first-order valence-corrected chi connectivity index (χ1v) is 5.95. The number of carbonyl (C=O) groups is 2. The van der Waals surface area contributed by atoms with Gasteiger partial charge in [-0.25, -0.2) is 9.59 Å². The summed E-state index contributed by atoms with van der Waals surface area (Å²) in [5, 5.41) is 14.2. The van der Waals surface area contributed by atoms with E-state index in [1.54, 1.807) is 0 Å². The predicted octanol–water partition coefficient (Wildman–Crippen LogP) is 0.368. The molecule has 2 rings (SSSR count). The van der Waals surface area contributed by atoms with Crippen LogP contribution in [-0.2, 0) is 11.3 Å². The first-order valence-electron chi connectivity index (χ1n) is 5.95. The molecular weight excluding hydrogens is 250 g/mol. The molecule has 102 valence electrons. The summed E-state index contributed by atoms with van der Waals surface area (Å²) in [6.07, 6.45) is 2.21. The second-order valence-corrected chi connectivity index (χ2v) is 4.23. The molecule has 1 saturated heterocycles. The Bertz CT molecular complexity index is 472. The van der Waals surface area contributed by atoms with Crippen molar-refractivity contribution in [2.24, 2.45) is 0 Å². The number of aromatic carboxylic acids is 1. The van der Waals surface area contributed by atoms with Gasteiger partial charge in [-0.1, -0.05) is 0 Å². The molecule has 1 aromatic heterocycles. The third-order valence-corrected chi connectivity index (χ3v) is 2.76. The number of ether oxygens (including phenoxy) is 1. The van der Waals surface area contributed by atoms with Crippen LogP contribution in [0.25, 0.3) is 0 Å². The number of aromatic nitrogens is 1. The van der Waals surface area contributed by atoms with Crippen LogP contribution in [0.5, 0.6) is 0 Å². The summed E-state index contributed by atoms with van der Waals surface area (Å²) in [5.41, 5.74) is 0.647. The lowest BCUT2D eigenvalue weighted by atomic mass is 10.2. The van der Waals surface area contributed by atoms with Crippen molar-refractivity contribution < 1.29 is 19.4 Å². The number of rotatable bonds is 4. The van der Waals surface area contributed by atoms with Gasteiger partial charge in [-0.05, 0) is 18.6 Å². The summed E-state index contributed by atoms with van der Waals surface area (Å²) in [7, 11) is 0. The van der Waals surface area contributed by atoms with Gasteiger partial charge in [0.2, 0.25) is 0 Å². The highest BCUT2D eigenvalue weighted by Gasteiger charge is 2.17. The van der Waals surface area contributed by atoms with Gasteiger partial charge in [0.25, 0.3) is 0 Å². The van der Waals surface area contributed by atoms with E-state index in [0.29, 0.717) is 18.9 Å². The van der Waals surface area contributed by atoms with Crippen LogP contribution in [0, 0.1) is 0 Å². The first-order chi connectivity index (χ1) is 9.15. The first kappa shape index (κ1) is 13.3. The Morgan fingerprint density at radius 2 is 2.37 bits per heavy atom. The number of carbonyl (C=O) groups excluding carboxylic acids is 1. The number of hydrogen-bond acceptors (Lipinski definition) is 4. The quantitative estimate of drug-likeness (QED) is 0.730. The molecule has 1 aromatic rings. The van der Waals surface area contributed by atoms with Crippen molar-refractivity contribution >= 4 is 12.0 Å². The molecule has 3 N–H and O–H groups in total. The van der Waals surface area contributed by atoms with Crippen LogP contribution in [0.3, 0.4) is 0 Å². The maximum absolute atomic E-state index is 11.6. The molecule has 0 radical (unpaired) electrons. The second-order valence-electron chi connectivity index (χ2n) is 4.23. The summed E-state index contributed by atoms with van der Waals surface area (Å²) < 4.78 is 5.14. The summed E-state index contributed by atoms with van der Waals surface area (Å²) in [6.45, 7) is 1.37. The Kier molecular flexibility index (Phi) is 4.30. The van der Waals surface area contributed by atoms with Crippen molar-refractivity contribution in [1.82, 2.24) is 15.6 Å². The van der Waals surface area contributed by atoms with Crippen LogP contribution in [0.1, 0.15) is 22.5 Å². The minimum absolute atomic E-state index is 0.0401. The van der Waals surface area contributed by atoms with Crippen LogP contribution >= 0.6 is 0 Å². The molecule has 0 spiro atoms. The minimum atomic E-state index is -1.02. The zero-order valence-electron chi connectivity index (χ0n) is 10.3. The van der Waals surface area contributed by atoms with Gasteiger partial charge in [-0.3, -0.25) is 4.98 Å². The Labute approximate surface area is 110 Å². The fourth-order valence-corrected chi connectivity index (χ4v) is 1.76. The molecular formula is C12H15N3O4. The molecule has 1 atom stereocenters. The van der Waals surface area contributed by atoms with E-state index in [-0.39, 0.29) is 24.2 Å². The molecule has 7 nitrogen and oxygen atoms in total. The Hall–Kier alpha value is -2.15. The summed E-state index contributed by atoms with van der Waals surface area (Å²) in [6, 6.07) is 2.57.